The van der Waals surface area contributed by atoms with Crippen molar-refractivity contribution in [3.8, 4) is 0 Å². The molecule has 0 unspecified atom stereocenters. The van der Waals surface area contributed by atoms with Crippen LogP contribution in [0.4, 0.5) is 4.39 Å². The summed E-state index contributed by atoms with van der Waals surface area (Å²) in [4.78, 5) is 4.43. The summed E-state index contributed by atoms with van der Waals surface area (Å²) in [6.07, 6.45) is 0. The molecule has 0 saturated heterocycles. The van der Waals surface area contributed by atoms with Gasteiger partial charge in [-0.1, -0.05) is 0 Å². The maximum atomic E-state index is 13.0. The summed E-state index contributed by atoms with van der Waals surface area (Å²) in [5.74, 6) is 4.85. The Labute approximate surface area is 55.1 Å². The van der Waals surface area contributed by atoms with Crippen LogP contribution in [0.1, 0.15) is 27.7 Å². The minimum Gasteiger partial charge on any atom is -0.295 e. The van der Waals surface area contributed by atoms with Crippen molar-refractivity contribution in [2.24, 2.45) is 5.90 Å². The topological polar surface area (TPSA) is 35.2 Å². The van der Waals surface area contributed by atoms with Crippen LogP contribution in [-0.2, 0) is 4.84 Å². The quantitative estimate of drug-likeness (QED) is 0.581. The van der Waals surface area contributed by atoms with Gasteiger partial charge in [0, 0.05) is 0 Å². The molecular weight excluding hydrogens is 121 g/mol. The molecule has 0 fully saturated rings. The van der Waals surface area contributed by atoms with Crippen molar-refractivity contribution in [1.82, 2.24) is 0 Å². The molecule has 2 nitrogen and oxygen atoms in total. The maximum absolute atomic E-state index is 13.0. The van der Waals surface area contributed by atoms with Gasteiger partial charge in [0.1, 0.15) is 11.3 Å². The molecule has 0 heterocycles. The van der Waals surface area contributed by atoms with E-state index in [0.29, 0.717) is 0 Å². The average molecular weight is 135 g/mol. The lowest BCUT2D eigenvalue weighted by atomic mass is 9.92. The van der Waals surface area contributed by atoms with Crippen LogP contribution in [0.5, 0.6) is 0 Å². The highest BCUT2D eigenvalue weighted by Gasteiger charge is 2.37. The predicted molar refractivity (Wildman–Crippen MR) is 34.5 cm³/mol. The fourth-order valence-corrected chi connectivity index (χ4v) is 0.140. The molecule has 0 aliphatic heterocycles. The first-order chi connectivity index (χ1) is 3.81. The molecule has 0 rings (SSSR count). The van der Waals surface area contributed by atoms with Crippen molar-refractivity contribution in [2.75, 3.05) is 0 Å². The van der Waals surface area contributed by atoms with Gasteiger partial charge < -0.3 is 0 Å². The molecule has 0 amide bonds. The molecule has 0 aromatic rings. The van der Waals surface area contributed by atoms with Crippen LogP contribution in [0.3, 0.4) is 0 Å². The van der Waals surface area contributed by atoms with Crippen molar-refractivity contribution in [2.45, 2.75) is 39.0 Å². The highest BCUT2D eigenvalue weighted by Crippen LogP contribution is 2.26. The minimum atomic E-state index is -1.40. The fourth-order valence-electron chi connectivity index (χ4n) is 0.140. The van der Waals surface area contributed by atoms with Crippen LogP contribution >= 0.6 is 0 Å². The largest absolute Gasteiger partial charge is 0.295 e. The molecule has 3 heteroatoms. The first-order valence-electron chi connectivity index (χ1n) is 2.88. The van der Waals surface area contributed by atoms with Gasteiger partial charge in [-0.25, -0.2) is 10.3 Å². The second kappa shape index (κ2) is 2.23. The summed E-state index contributed by atoms with van der Waals surface area (Å²) in [5.41, 5.74) is -2.31. The maximum Gasteiger partial charge on any atom is 0.135 e. The molecule has 0 aromatic heterocycles. The van der Waals surface area contributed by atoms with Gasteiger partial charge in [-0.15, -0.1) is 0 Å². The Bertz CT molecular complexity index is 95.7. The number of halogens is 1. The lowest BCUT2D eigenvalue weighted by Gasteiger charge is -2.32. The van der Waals surface area contributed by atoms with Gasteiger partial charge in [0.2, 0.25) is 0 Å². The molecule has 0 atom stereocenters. The fraction of sp³-hybridized carbons (Fsp3) is 1.00. The van der Waals surface area contributed by atoms with Crippen LogP contribution in [0.15, 0.2) is 0 Å². The third-order valence-corrected chi connectivity index (χ3v) is 1.73. The Kier molecular flexibility index (Phi) is 2.19. The number of alkyl halides is 1. The molecule has 0 bridgehead atoms. The van der Waals surface area contributed by atoms with Crippen molar-refractivity contribution in [3.63, 3.8) is 0 Å². The van der Waals surface area contributed by atoms with E-state index in [1.807, 2.05) is 0 Å². The number of hydrogen-bond acceptors (Lipinski definition) is 2. The van der Waals surface area contributed by atoms with E-state index >= 15 is 0 Å². The van der Waals surface area contributed by atoms with Crippen LogP contribution in [0.2, 0.25) is 0 Å². The highest BCUT2D eigenvalue weighted by atomic mass is 19.1. The smallest absolute Gasteiger partial charge is 0.135 e. The lowest BCUT2D eigenvalue weighted by molar-refractivity contribution is -0.112. The highest BCUT2D eigenvalue weighted by molar-refractivity contribution is 4.86. The molecule has 0 aromatic carbocycles. The van der Waals surface area contributed by atoms with Gasteiger partial charge in [0.05, 0.1) is 0 Å². The van der Waals surface area contributed by atoms with Crippen LogP contribution < -0.4 is 5.90 Å². The first kappa shape index (κ1) is 8.85. The Morgan fingerprint density at radius 3 is 1.56 bits per heavy atom. The Morgan fingerprint density at radius 2 is 1.56 bits per heavy atom. The third kappa shape index (κ3) is 1.91. The van der Waals surface area contributed by atoms with E-state index in [4.69, 9.17) is 5.90 Å². The Balaban J connectivity index is 4.14. The Morgan fingerprint density at radius 1 is 1.22 bits per heavy atom. The standard InChI is InChI=1S/C6H14FNO/c1-5(2,7)6(3,4)9-8/h8H2,1-4H3. The molecule has 9 heavy (non-hydrogen) atoms. The van der Waals surface area contributed by atoms with Crippen LogP contribution in [0.25, 0.3) is 0 Å². The van der Waals surface area contributed by atoms with E-state index in [9.17, 15) is 4.39 Å². The summed E-state index contributed by atoms with van der Waals surface area (Å²) in [6, 6.07) is 0. The van der Waals surface area contributed by atoms with E-state index < -0.39 is 11.3 Å². The van der Waals surface area contributed by atoms with E-state index in [2.05, 4.69) is 4.84 Å². The first-order valence-corrected chi connectivity index (χ1v) is 2.88. The molecule has 0 aliphatic rings. The third-order valence-electron chi connectivity index (χ3n) is 1.73. The number of nitrogens with two attached hydrogens (primary N) is 1. The molecule has 56 valence electrons. The van der Waals surface area contributed by atoms with E-state index in [-0.39, 0.29) is 0 Å². The van der Waals surface area contributed by atoms with Gasteiger partial charge >= 0.3 is 0 Å². The van der Waals surface area contributed by atoms with Crippen molar-refractivity contribution >= 4 is 0 Å². The lowest BCUT2D eigenvalue weighted by Crippen LogP contribution is -2.45. The summed E-state index contributed by atoms with van der Waals surface area (Å²) in [7, 11) is 0. The van der Waals surface area contributed by atoms with Crippen molar-refractivity contribution in [3.05, 3.63) is 0 Å². The van der Waals surface area contributed by atoms with Gasteiger partial charge in [-0.2, -0.15) is 0 Å². The zero-order valence-corrected chi connectivity index (χ0v) is 6.36. The average Bonchev–Trinajstić information content (AvgIpc) is 1.64. The van der Waals surface area contributed by atoms with E-state index in [1.54, 1.807) is 13.8 Å². The second-order valence-corrected chi connectivity index (χ2v) is 3.10. The molecule has 0 radical (unpaired) electrons. The summed E-state index contributed by atoms with van der Waals surface area (Å²) in [5, 5.41) is 0. The molecular formula is C6H14FNO. The van der Waals surface area contributed by atoms with Gasteiger partial charge in [0.15, 0.2) is 0 Å². The van der Waals surface area contributed by atoms with Crippen molar-refractivity contribution < 1.29 is 9.23 Å². The molecule has 0 saturated carbocycles. The van der Waals surface area contributed by atoms with E-state index in [1.165, 1.54) is 13.8 Å². The van der Waals surface area contributed by atoms with Crippen LogP contribution in [0, 0.1) is 0 Å². The molecule has 0 aliphatic carbocycles. The van der Waals surface area contributed by atoms with E-state index in [0.717, 1.165) is 0 Å². The zero-order valence-electron chi connectivity index (χ0n) is 6.36. The monoisotopic (exact) mass is 135 g/mol. The minimum absolute atomic E-state index is 0.910. The summed E-state index contributed by atoms with van der Waals surface area (Å²) in [6.45, 7) is 6.07. The predicted octanol–water partition coefficient (Wildman–Crippen LogP) is 1.40. The molecule has 0 spiro atoms. The van der Waals surface area contributed by atoms with Gasteiger partial charge in [-0.3, -0.25) is 4.84 Å². The Hall–Kier alpha value is -0.150. The van der Waals surface area contributed by atoms with Crippen molar-refractivity contribution in [1.29, 1.82) is 0 Å². The molecule has 2 N–H and O–H groups in total. The normalized spacial score (nSPS) is 14.0. The number of hydrogen-bond donors (Lipinski definition) is 1. The summed E-state index contributed by atoms with van der Waals surface area (Å²) < 4.78 is 13.0. The number of rotatable bonds is 2. The van der Waals surface area contributed by atoms with Gasteiger partial charge in [-0.05, 0) is 27.7 Å². The zero-order chi connectivity index (χ0) is 7.71. The van der Waals surface area contributed by atoms with Crippen LogP contribution in [-0.4, -0.2) is 11.3 Å². The summed E-state index contributed by atoms with van der Waals surface area (Å²) >= 11 is 0. The second-order valence-electron chi connectivity index (χ2n) is 3.10. The van der Waals surface area contributed by atoms with Gasteiger partial charge in [0.25, 0.3) is 0 Å². The SMILES string of the molecule is CC(C)(F)C(C)(C)ON.